The first-order valence-corrected chi connectivity index (χ1v) is 7.93. The van der Waals surface area contributed by atoms with E-state index in [-0.39, 0.29) is 5.41 Å². The van der Waals surface area contributed by atoms with Gasteiger partial charge in [0.05, 0.1) is 12.3 Å². The van der Waals surface area contributed by atoms with Crippen molar-refractivity contribution in [3.8, 4) is 5.75 Å². The Kier molecular flexibility index (Phi) is 2.40. The van der Waals surface area contributed by atoms with E-state index < -0.39 is 0 Å². The Morgan fingerprint density at radius 1 is 1.18 bits per heavy atom. The predicted octanol–water partition coefficient (Wildman–Crippen LogP) is 3.13. The maximum atomic E-state index is 5.96. The van der Waals surface area contributed by atoms with Crippen molar-refractivity contribution in [2.45, 2.75) is 31.1 Å². The third kappa shape index (κ3) is 1.52. The van der Waals surface area contributed by atoms with E-state index in [1.807, 2.05) is 23.0 Å². The fraction of sp³-hybridized carbons (Fsp3) is 0.333. The molecule has 0 atom stereocenters. The molecule has 0 N–H and O–H groups in total. The monoisotopic (exact) mass is 291 g/mol. The summed E-state index contributed by atoms with van der Waals surface area (Å²) in [4.78, 5) is 4.41. The Bertz CT molecular complexity index is 831. The molecule has 1 saturated carbocycles. The third-order valence-corrected chi connectivity index (χ3v) is 5.16. The number of rotatable bonds is 2. The smallest absolute Gasteiger partial charge is 0.155 e. The molecule has 0 saturated heterocycles. The molecule has 110 valence electrons. The zero-order valence-electron chi connectivity index (χ0n) is 12.3. The van der Waals surface area contributed by atoms with Gasteiger partial charge >= 0.3 is 0 Å². The lowest BCUT2D eigenvalue weighted by atomic mass is 9.62. The van der Waals surface area contributed by atoms with Crippen molar-refractivity contribution in [1.82, 2.24) is 14.6 Å². The SMILES string of the molecule is c1cc2c(c(C3(c4cc5ncccn5n4)CCC3)c1)OCC2. The minimum atomic E-state index is 0.00336. The molecule has 2 aromatic heterocycles. The lowest BCUT2D eigenvalue weighted by Crippen LogP contribution is -2.36. The van der Waals surface area contributed by atoms with Gasteiger partial charge in [0, 0.05) is 35.9 Å². The highest BCUT2D eigenvalue weighted by Crippen LogP contribution is 2.52. The van der Waals surface area contributed by atoms with Crippen molar-refractivity contribution < 1.29 is 4.74 Å². The number of hydrogen-bond acceptors (Lipinski definition) is 3. The number of benzene rings is 1. The fourth-order valence-corrected chi connectivity index (χ4v) is 3.85. The molecule has 3 heterocycles. The van der Waals surface area contributed by atoms with Gasteiger partial charge in [0.1, 0.15) is 5.75 Å². The summed E-state index contributed by atoms with van der Waals surface area (Å²) in [6.07, 6.45) is 8.31. The van der Waals surface area contributed by atoms with Crippen molar-refractivity contribution in [2.75, 3.05) is 6.61 Å². The van der Waals surface area contributed by atoms with Gasteiger partial charge < -0.3 is 4.74 Å². The van der Waals surface area contributed by atoms with Gasteiger partial charge in [-0.2, -0.15) is 5.10 Å². The van der Waals surface area contributed by atoms with E-state index in [0.717, 1.165) is 43.0 Å². The van der Waals surface area contributed by atoms with E-state index in [1.54, 1.807) is 0 Å². The molecule has 1 aromatic carbocycles. The van der Waals surface area contributed by atoms with Crippen LogP contribution in [0.25, 0.3) is 5.65 Å². The van der Waals surface area contributed by atoms with Gasteiger partial charge in [-0.3, -0.25) is 0 Å². The van der Waals surface area contributed by atoms with Crippen LogP contribution in [0.3, 0.4) is 0 Å². The summed E-state index contributed by atoms with van der Waals surface area (Å²) in [6, 6.07) is 10.6. The minimum absolute atomic E-state index is 0.00336. The fourth-order valence-electron chi connectivity index (χ4n) is 3.85. The Morgan fingerprint density at radius 3 is 2.95 bits per heavy atom. The maximum absolute atomic E-state index is 5.96. The van der Waals surface area contributed by atoms with Crippen LogP contribution < -0.4 is 4.74 Å². The lowest BCUT2D eigenvalue weighted by Gasteiger charge is -2.41. The van der Waals surface area contributed by atoms with Crippen LogP contribution in [0.5, 0.6) is 5.75 Å². The number of aromatic nitrogens is 3. The summed E-state index contributed by atoms with van der Waals surface area (Å²) in [7, 11) is 0. The number of ether oxygens (including phenoxy) is 1. The molecule has 0 amide bonds. The zero-order chi connectivity index (χ0) is 14.6. The third-order valence-electron chi connectivity index (χ3n) is 5.16. The quantitative estimate of drug-likeness (QED) is 0.728. The van der Waals surface area contributed by atoms with Crippen LogP contribution in [-0.4, -0.2) is 21.2 Å². The molecule has 2 aliphatic rings. The first kappa shape index (κ1) is 12.2. The van der Waals surface area contributed by atoms with Gasteiger partial charge in [-0.25, -0.2) is 9.50 Å². The first-order valence-electron chi connectivity index (χ1n) is 7.93. The van der Waals surface area contributed by atoms with E-state index in [4.69, 9.17) is 9.84 Å². The molecule has 0 radical (unpaired) electrons. The van der Waals surface area contributed by atoms with E-state index in [2.05, 4.69) is 29.2 Å². The van der Waals surface area contributed by atoms with Gasteiger partial charge in [-0.05, 0) is 24.5 Å². The normalized spacial score (nSPS) is 18.7. The number of para-hydroxylation sites is 1. The highest BCUT2D eigenvalue weighted by atomic mass is 16.5. The van der Waals surface area contributed by atoms with Gasteiger partial charge in [0.25, 0.3) is 0 Å². The Balaban J connectivity index is 1.71. The van der Waals surface area contributed by atoms with Gasteiger partial charge in [-0.15, -0.1) is 0 Å². The lowest BCUT2D eigenvalue weighted by molar-refractivity contribution is 0.275. The summed E-state index contributed by atoms with van der Waals surface area (Å²) in [5, 5.41) is 4.81. The summed E-state index contributed by atoms with van der Waals surface area (Å²) < 4.78 is 7.83. The second kappa shape index (κ2) is 4.32. The van der Waals surface area contributed by atoms with Crippen LogP contribution in [0.4, 0.5) is 0 Å². The van der Waals surface area contributed by atoms with Crippen LogP contribution in [-0.2, 0) is 11.8 Å². The summed E-state index contributed by atoms with van der Waals surface area (Å²) in [5.74, 6) is 1.10. The van der Waals surface area contributed by atoms with Crippen molar-refractivity contribution in [2.24, 2.45) is 0 Å². The Hall–Kier alpha value is -2.36. The van der Waals surface area contributed by atoms with E-state index >= 15 is 0 Å². The van der Waals surface area contributed by atoms with Gasteiger partial charge in [-0.1, -0.05) is 24.6 Å². The van der Waals surface area contributed by atoms with Crippen molar-refractivity contribution in [3.63, 3.8) is 0 Å². The molecule has 1 aliphatic carbocycles. The van der Waals surface area contributed by atoms with E-state index in [0.29, 0.717) is 0 Å². The van der Waals surface area contributed by atoms with Crippen LogP contribution in [0, 0.1) is 0 Å². The van der Waals surface area contributed by atoms with Crippen molar-refractivity contribution >= 4 is 5.65 Å². The highest BCUT2D eigenvalue weighted by molar-refractivity contribution is 5.54. The molecule has 0 bridgehead atoms. The highest BCUT2D eigenvalue weighted by Gasteiger charge is 2.45. The molecule has 4 nitrogen and oxygen atoms in total. The summed E-state index contributed by atoms with van der Waals surface area (Å²) >= 11 is 0. The predicted molar refractivity (Wildman–Crippen MR) is 83.3 cm³/mol. The second-order valence-corrected chi connectivity index (χ2v) is 6.28. The molecule has 22 heavy (non-hydrogen) atoms. The summed E-state index contributed by atoms with van der Waals surface area (Å²) in [5.41, 5.74) is 4.70. The topological polar surface area (TPSA) is 39.4 Å². The molecule has 3 aromatic rings. The molecule has 1 fully saturated rings. The van der Waals surface area contributed by atoms with E-state index in [9.17, 15) is 0 Å². The van der Waals surface area contributed by atoms with Crippen LogP contribution in [0.1, 0.15) is 36.1 Å². The minimum Gasteiger partial charge on any atom is -0.493 e. The second-order valence-electron chi connectivity index (χ2n) is 6.28. The standard InChI is InChI=1S/C18H17N3O/c1-4-13-6-11-22-17(13)14(5-1)18(7-2-8-18)15-12-16-19-9-3-10-21(16)20-15/h1,3-5,9-10,12H,2,6-8,11H2. The molecular formula is C18H17N3O. The molecule has 0 unspecified atom stereocenters. The van der Waals surface area contributed by atoms with Crippen LogP contribution in [0.2, 0.25) is 0 Å². The summed E-state index contributed by atoms with van der Waals surface area (Å²) in [6.45, 7) is 0.801. The maximum Gasteiger partial charge on any atom is 0.155 e. The van der Waals surface area contributed by atoms with E-state index in [1.165, 1.54) is 17.5 Å². The average molecular weight is 291 g/mol. The molecule has 1 aliphatic heterocycles. The number of hydrogen-bond donors (Lipinski definition) is 0. The molecular weight excluding hydrogens is 274 g/mol. The molecule has 4 heteroatoms. The van der Waals surface area contributed by atoms with Crippen LogP contribution in [0.15, 0.2) is 42.7 Å². The molecule has 5 rings (SSSR count). The zero-order valence-corrected chi connectivity index (χ0v) is 12.3. The van der Waals surface area contributed by atoms with Crippen LogP contribution >= 0.6 is 0 Å². The largest absolute Gasteiger partial charge is 0.493 e. The first-order chi connectivity index (χ1) is 10.9. The Morgan fingerprint density at radius 2 is 2.14 bits per heavy atom. The number of fused-ring (bicyclic) bond motifs is 2. The van der Waals surface area contributed by atoms with Crippen molar-refractivity contribution in [3.05, 3.63) is 59.5 Å². The molecule has 0 spiro atoms. The van der Waals surface area contributed by atoms with Gasteiger partial charge in [0.2, 0.25) is 0 Å². The van der Waals surface area contributed by atoms with Gasteiger partial charge in [0.15, 0.2) is 5.65 Å². The average Bonchev–Trinajstić information content (AvgIpc) is 3.12. The number of nitrogens with zero attached hydrogens (tertiary/aromatic N) is 3. The Labute approximate surface area is 128 Å². The van der Waals surface area contributed by atoms with Crippen molar-refractivity contribution in [1.29, 1.82) is 0 Å².